The highest BCUT2D eigenvalue weighted by atomic mass is 19.1. The SMILES string of the molecule is Cc1c(C(=O)N[C@@H](CCC2CC2)C(=O)NC(C)c2ccc(OCCN(C)C)cc2)[nH]c2ccc(F)cc12. The number of nitrogens with zero attached hydrogens (tertiary/aromatic N) is 1. The van der Waals surface area contributed by atoms with Crippen LogP contribution in [0.15, 0.2) is 42.5 Å². The van der Waals surface area contributed by atoms with Crippen molar-refractivity contribution in [3.63, 3.8) is 0 Å². The number of carbonyl (C=O) groups excluding carboxylic acids is 2. The largest absolute Gasteiger partial charge is 0.492 e. The van der Waals surface area contributed by atoms with E-state index in [4.69, 9.17) is 4.74 Å². The van der Waals surface area contributed by atoms with Crippen LogP contribution in [0.3, 0.4) is 0 Å². The molecule has 1 aromatic heterocycles. The molecule has 37 heavy (non-hydrogen) atoms. The second-order valence-electron chi connectivity index (χ2n) is 10.3. The number of rotatable bonds is 12. The normalized spacial score (nSPS) is 15.0. The summed E-state index contributed by atoms with van der Waals surface area (Å²) in [5.74, 6) is 0.477. The molecular weight excluding hydrogens is 471 g/mol. The zero-order valence-corrected chi connectivity index (χ0v) is 22.1. The summed E-state index contributed by atoms with van der Waals surface area (Å²) in [5.41, 5.74) is 2.65. The molecule has 1 saturated carbocycles. The van der Waals surface area contributed by atoms with Gasteiger partial charge in [0.05, 0.1) is 6.04 Å². The molecule has 1 fully saturated rings. The Balaban J connectivity index is 1.41. The molecule has 2 amide bonds. The standard InChI is InChI=1S/C29H37FN4O3/c1-18-24-17-22(30)10-14-25(24)32-27(18)29(36)33-26(13-7-20-5-6-20)28(35)31-19(2)21-8-11-23(12-9-21)37-16-15-34(3)4/h8-12,14,17,19-20,26,32H,5-7,13,15-16H2,1-4H3,(H,31,35)(H,33,36)/t19?,26-/m0/s1. The number of hydrogen-bond acceptors (Lipinski definition) is 4. The molecule has 198 valence electrons. The molecule has 1 unspecified atom stereocenters. The fourth-order valence-corrected chi connectivity index (χ4v) is 4.43. The maximum absolute atomic E-state index is 13.7. The number of carbonyl (C=O) groups is 2. The average Bonchev–Trinajstić information content (AvgIpc) is 3.64. The van der Waals surface area contributed by atoms with Gasteiger partial charge in [0.2, 0.25) is 5.91 Å². The average molecular weight is 509 g/mol. The number of ether oxygens (including phenoxy) is 1. The molecule has 0 bridgehead atoms. The molecule has 2 atom stereocenters. The number of likely N-dealkylation sites (N-methyl/N-ethyl adjacent to an activating group) is 1. The fourth-order valence-electron chi connectivity index (χ4n) is 4.43. The van der Waals surface area contributed by atoms with E-state index >= 15 is 0 Å². The Bertz CT molecular complexity index is 1230. The van der Waals surface area contributed by atoms with Gasteiger partial charge in [-0.3, -0.25) is 9.59 Å². The minimum atomic E-state index is -0.660. The van der Waals surface area contributed by atoms with Gasteiger partial charge >= 0.3 is 0 Å². The third-order valence-corrected chi connectivity index (χ3v) is 6.98. The minimum absolute atomic E-state index is 0.215. The number of H-pyrrole nitrogens is 1. The second kappa shape index (κ2) is 11.8. The summed E-state index contributed by atoms with van der Waals surface area (Å²) in [7, 11) is 4.00. The first kappa shape index (κ1) is 26.7. The summed E-state index contributed by atoms with van der Waals surface area (Å²) >= 11 is 0. The van der Waals surface area contributed by atoms with Crippen molar-refractivity contribution in [2.75, 3.05) is 27.2 Å². The molecule has 3 aromatic rings. The number of benzene rings is 2. The minimum Gasteiger partial charge on any atom is -0.492 e. The van der Waals surface area contributed by atoms with Gasteiger partial charge in [0.15, 0.2) is 0 Å². The number of aromatic amines is 1. The number of fused-ring (bicyclic) bond motifs is 1. The van der Waals surface area contributed by atoms with E-state index in [9.17, 15) is 14.0 Å². The van der Waals surface area contributed by atoms with E-state index < -0.39 is 6.04 Å². The molecule has 4 rings (SSSR count). The van der Waals surface area contributed by atoms with Crippen LogP contribution in [0.5, 0.6) is 5.75 Å². The second-order valence-corrected chi connectivity index (χ2v) is 10.3. The summed E-state index contributed by atoms with van der Waals surface area (Å²) in [4.78, 5) is 31.6. The zero-order valence-electron chi connectivity index (χ0n) is 22.1. The van der Waals surface area contributed by atoms with Gasteiger partial charge in [-0.25, -0.2) is 4.39 Å². The highest BCUT2D eigenvalue weighted by Gasteiger charge is 2.28. The van der Waals surface area contributed by atoms with Gasteiger partial charge in [0.1, 0.15) is 29.9 Å². The van der Waals surface area contributed by atoms with Gasteiger partial charge in [0, 0.05) is 17.4 Å². The van der Waals surface area contributed by atoms with Crippen LogP contribution in [-0.2, 0) is 4.79 Å². The van der Waals surface area contributed by atoms with Crippen LogP contribution < -0.4 is 15.4 Å². The van der Waals surface area contributed by atoms with Crippen molar-refractivity contribution in [2.45, 2.75) is 51.6 Å². The Hall–Kier alpha value is -3.39. The molecule has 0 saturated heterocycles. The topological polar surface area (TPSA) is 86.5 Å². The summed E-state index contributed by atoms with van der Waals surface area (Å²) in [6.07, 6.45) is 3.81. The molecule has 0 aliphatic heterocycles. The molecule has 1 aliphatic carbocycles. The molecule has 7 nitrogen and oxygen atoms in total. The van der Waals surface area contributed by atoms with E-state index in [-0.39, 0.29) is 23.7 Å². The molecule has 3 N–H and O–H groups in total. The number of aryl methyl sites for hydroxylation is 1. The molecule has 0 spiro atoms. The van der Waals surface area contributed by atoms with Crippen LogP contribution in [0.4, 0.5) is 4.39 Å². The predicted octanol–water partition coefficient (Wildman–Crippen LogP) is 4.72. The van der Waals surface area contributed by atoms with Crippen molar-refractivity contribution in [1.82, 2.24) is 20.5 Å². The third-order valence-electron chi connectivity index (χ3n) is 6.98. The van der Waals surface area contributed by atoms with E-state index in [1.165, 1.54) is 25.0 Å². The predicted molar refractivity (Wildman–Crippen MR) is 143 cm³/mol. The van der Waals surface area contributed by atoms with Crippen molar-refractivity contribution in [2.24, 2.45) is 5.92 Å². The van der Waals surface area contributed by atoms with Crippen molar-refractivity contribution in [3.8, 4) is 5.75 Å². The highest BCUT2D eigenvalue weighted by molar-refractivity contribution is 6.02. The van der Waals surface area contributed by atoms with Gasteiger partial charge in [0.25, 0.3) is 5.91 Å². The first-order chi connectivity index (χ1) is 17.7. The molecule has 1 heterocycles. The first-order valence-electron chi connectivity index (χ1n) is 13.0. The lowest BCUT2D eigenvalue weighted by Crippen LogP contribution is -2.47. The van der Waals surface area contributed by atoms with Crippen LogP contribution in [0.1, 0.15) is 60.3 Å². The molecule has 2 aromatic carbocycles. The van der Waals surface area contributed by atoms with Crippen molar-refractivity contribution < 1.29 is 18.7 Å². The summed E-state index contributed by atoms with van der Waals surface area (Å²) in [5, 5.41) is 6.65. The monoisotopic (exact) mass is 508 g/mol. The van der Waals surface area contributed by atoms with E-state index in [1.807, 2.05) is 45.3 Å². The maximum atomic E-state index is 13.7. The third kappa shape index (κ3) is 7.10. The van der Waals surface area contributed by atoms with E-state index in [0.717, 1.165) is 24.3 Å². The Kier molecular flexibility index (Phi) is 8.48. The Labute approximate surface area is 217 Å². The van der Waals surface area contributed by atoms with Crippen molar-refractivity contribution in [3.05, 3.63) is 65.1 Å². The number of hydrogen-bond donors (Lipinski definition) is 3. The smallest absolute Gasteiger partial charge is 0.268 e. The van der Waals surface area contributed by atoms with Gasteiger partial charge in [-0.1, -0.05) is 25.0 Å². The van der Waals surface area contributed by atoms with E-state index in [0.29, 0.717) is 41.1 Å². The lowest BCUT2D eigenvalue weighted by molar-refractivity contribution is -0.123. The van der Waals surface area contributed by atoms with Gasteiger partial charge < -0.3 is 25.3 Å². The fraction of sp³-hybridized carbons (Fsp3) is 0.448. The van der Waals surface area contributed by atoms with E-state index in [2.05, 4.69) is 20.5 Å². The summed E-state index contributed by atoms with van der Waals surface area (Å²) in [6.45, 7) is 5.14. The molecule has 8 heteroatoms. The summed E-state index contributed by atoms with van der Waals surface area (Å²) in [6, 6.07) is 11.2. The van der Waals surface area contributed by atoms with Gasteiger partial charge in [-0.05, 0) is 88.2 Å². The van der Waals surface area contributed by atoms with Crippen LogP contribution in [0, 0.1) is 18.7 Å². The van der Waals surface area contributed by atoms with Crippen LogP contribution in [-0.4, -0.2) is 55.0 Å². The van der Waals surface area contributed by atoms with Crippen LogP contribution >= 0.6 is 0 Å². The Morgan fingerprint density at radius 1 is 1.14 bits per heavy atom. The Morgan fingerprint density at radius 2 is 1.86 bits per heavy atom. The first-order valence-corrected chi connectivity index (χ1v) is 13.0. The van der Waals surface area contributed by atoms with Crippen LogP contribution in [0.2, 0.25) is 0 Å². The van der Waals surface area contributed by atoms with Gasteiger partial charge in [-0.15, -0.1) is 0 Å². The number of nitrogens with one attached hydrogen (secondary N) is 3. The highest BCUT2D eigenvalue weighted by Crippen LogP contribution is 2.34. The van der Waals surface area contributed by atoms with E-state index in [1.54, 1.807) is 13.0 Å². The van der Waals surface area contributed by atoms with Crippen molar-refractivity contribution >= 4 is 22.7 Å². The molecule has 1 aliphatic rings. The zero-order chi connectivity index (χ0) is 26.5. The van der Waals surface area contributed by atoms with Gasteiger partial charge in [-0.2, -0.15) is 0 Å². The number of aromatic nitrogens is 1. The lowest BCUT2D eigenvalue weighted by Gasteiger charge is -2.22. The maximum Gasteiger partial charge on any atom is 0.268 e. The number of amides is 2. The number of halogens is 1. The summed E-state index contributed by atoms with van der Waals surface area (Å²) < 4.78 is 19.5. The molecule has 0 radical (unpaired) electrons. The quantitative estimate of drug-likeness (QED) is 0.330. The Morgan fingerprint density at radius 3 is 2.54 bits per heavy atom. The molecular formula is C29H37FN4O3. The van der Waals surface area contributed by atoms with Crippen molar-refractivity contribution in [1.29, 1.82) is 0 Å². The van der Waals surface area contributed by atoms with Crippen LogP contribution in [0.25, 0.3) is 10.9 Å². The lowest BCUT2D eigenvalue weighted by atomic mass is 10.0.